The number of anilines is 1. The van der Waals surface area contributed by atoms with Crippen LogP contribution >= 0.6 is 23.2 Å². The molecule has 53 heavy (non-hydrogen) atoms. The first-order valence-corrected chi connectivity index (χ1v) is 18.5. The monoisotopic (exact) mass is 760 g/mol. The molecule has 0 radical (unpaired) electrons. The van der Waals surface area contributed by atoms with Crippen molar-refractivity contribution in [3.63, 3.8) is 0 Å². The third kappa shape index (κ3) is 7.75. The molecule has 1 aromatic carbocycles. The second kappa shape index (κ2) is 15.8. The number of pyridine rings is 2. The number of nitrogens with one attached hydrogen (secondary N) is 3. The van der Waals surface area contributed by atoms with Gasteiger partial charge in [0.25, 0.3) is 5.91 Å². The maximum Gasteiger partial charge on any atom is 0.308 e. The van der Waals surface area contributed by atoms with Crippen LogP contribution in [0.2, 0.25) is 10.0 Å². The van der Waals surface area contributed by atoms with E-state index in [0.29, 0.717) is 76.9 Å². The lowest BCUT2D eigenvalue weighted by atomic mass is 9.74. The molecule has 3 N–H and O–H groups in total. The van der Waals surface area contributed by atoms with Gasteiger partial charge in [-0.1, -0.05) is 41.4 Å². The van der Waals surface area contributed by atoms with Crippen LogP contribution in [0.25, 0.3) is 22.5 Å². The predicted octanol–water partition coefficient (Wildman–Crippen LogP) is 5.04. The van der Waals surface area contributed by atoms with Crippen LogP contribution in [-0.2, 0) is 40.9 Å². The van der Waals surface area contributed by atoms with E-state index in [1.54, 1.807) is 37.6 Å². The highest BCUT2D eigenvalue weighted by molar-refractivity contribution is 6.39. The Morgan fingerprint density at radius 2 is 1.87 bits per heavy atom. The summed E-state index contributed by atoms with van der Waals surface area (Å²) < 4.78 is 12.4. The zero-order valence-corrected chi connectivity index (χ0v) is 31.4. The number of ether oxygens (including phenoxy) is 2. The zero-order chi connectivity index (χ0) is 37.2. The Balaban J connectivity index is 1.04. The van der Waals surface area contributed by atoms with Crippen LogP contribution in [0, 0.1) is 11.8 Å². The highest BCUT2D eigenvalue weighted by atomic mass is 35.5. The molecule has 1 aliphatic carbocycles. The van der Waals surface area contributed by atoms with Crippen LogP contribution in [0.3, 0.4) is 0 Å². The van der Waals surface area contributed by atoms with Crippen LogP contribution in [-0.4, -0.2) is 82.1 Å². The van der Waals surface area contributed by atoms with Gasteiger partial charge in [0.1, 0.15) is 0 Å². The lowest BCUT2D eigenvalue weighted by Gasteiger charge is -2.38. The van der Waals surface area contributed by atoms with E-state index < -0.39 is 0 Å². The number of methoxy groups -OCH3 is 2. The first-order chi connectivity index (χ1) is 25.6. The van der Waals surface area contributed by atoms with Crippen LogP contribution < -0.4 is 20.7 Å². The van der Waals surface area contributed by atoms with Crippen LogP contribution in [0.15, 0.2) is 42.6 Å². The molecule has 4 aromatic rings. The Labute approximate surface area is 317 Å². The molecule has 3 aromatic heterocycles. The molecule has 15 heteroatoms. The molecule has 5 heterocycles. The normalized spacial score (nSPS) is 19.6. The van der Waals surface area contributed by atoms with Crippen molar-refractivity contribution in [3.8, 4) is 28.4 Å². The third-order valence-electron chi connectivity index (χ3n) is 10.4. The average Bonchev–Trinajstić information content (AvgIpc) is 3.72. The van der Waals surface area contributed by atoms with E-state index in [1.165, 1.54) is 7.11 Å². The van der Waals surface area contributed by atoms with Crippen molar-refractivity contribution in [2.75, 3.05) is 39.2 Å². The Bertz CT molecular complexity index is 2050. The molecule has 278 valence electrons. The van der Waals surface area contributed by atoms with E-state index in [9.17, 15) is 14.4 Å². The van der Waals surface area contributed by atoms with E-state index in [2.05, 4.69) is 25.8 Å². The number of aromatic nitrogens is 4. The van der Waals surface area contributed by atoms with Gasteiger partial charge in [0.15, 0.2) is 5.82 Å². The van der Waals surface area contributed by atoms with Gasteiger partial charge in [0, 0.05) is 81.5 Å². The van der Waals surface area contributed by atoms with Crippen LogP contribution in [0.4, 0.5) is 5.69 Å². The largest absolute Gasteiger partial charge is 0.481 e. The van der Waals surface area contributed by atoms with Gasteiger partial charge in [-0.15, -0.1) is 0 Å². The van der Waals surface area contributed by atoms with E-state index in [-0.39, 0.29) is 34.8 Å². The molecule has 2 aliphatic heterocycles. The summed E-state index contributed by atoms with van der Waals surface area (Å²) in [5.74, 6) is 0.807. The predicted molar refractivity (Wildman–Crippen MR) is 201 cm³/mol. The van der Waals surface area contributed by atoms with Crippen LogP contribution in [0.5, 0.6) is 5.88 Å². The number of esters is 1. The maximum absolute atomic E-state index is 13.6. The molecule has 1 saturated heterocycles. The third-order valence-corrected chi connectivity index (χ3v) is 11.2. The van der Waals surface area contributed by atoms with Crippen molar-refractivity contribution in [1.29, 1.82) is 0 Å². The highest BCUT2D eigenvalue weighted by Gasteiger charge is 2.37. The lowest BCUT2D eigenvalue weighted by molar-refractivity contribution is -0.150. The second-order valence-corrected chi connectivity index (χ2v) is 14.6. The number of rotatable bonds is 12. The molecule has 2 fully saturated rings. The van der Waals surface area contributed by atoms with Gasteiger partial charge in [0.2, 0.25) is 11.8 Å². The number of amides is 2. The van der Waals surface area contributed by atoms with Crippen molar-refractivity contribution in [1.82, 2.24) is 35.1 Å². The summed E-state index contributed by atoms with van der Waals surface area (Å²) in [5, 5.41) is 9.92. The lowest BCUT2D eigenvalue weighted by Crippen LogP contribution is -2.41. The number of hydrogen-bond donors (Lipinski definition) is 3. The second-order valence-electron chi connectivity index (χ2n) is 13.9. The molecular weight excluding hydrogens is 719 g/mol. The number of hydrogen-bond acceptors (Lipinski definition) is 10. The molecule has 1 atom stereocenters. The fourth-order valence-electron chi connectivity index (χ4n) is 7.47. The summed E-state index contributed by atoms with van der Waals surface area (Å²) in [5.41, 5.74) is 5.41. The zero-order valence-electron chi connectivity index (χ0n) is 29.9. The van der Waals surface area contributed by atoms with Crippen LogP contribution in [0.1, 0.15) is 53.3 Å². The summed E-state index contributed by atoms with van der Waals surface area (Å²) in [7, 11) is 4.87. The van der Waals surface area contributed by atoms with Crippen molar-refractivity contribution >= 4 is 46.7 Å². The van der Waals surface area contributed by atoms with E-state index in [0.717, 1.165) is 55.7 Å². The Morgan fingerprint density at radius 3 is 2.62 bits per heavy atom. The average molecular weight is 762 g/mol. The van der Waals surface area contributed by atoms with Crippen molar-refractivity contribution < 1.29 is 23.9 Å². The fourth-order valence-corrected chi connectivity index (χ4v) is 8.04. The van der Waals surface area contributed by atoms with Crippen molar-refractivity contribution in [2.24, 2.45) is 18.9 Å². The molecule has 7 rings (SSSR count). The molecule has 0 unspecified atom stereocenters. The smallest absolute Gasteiger partial charge is 0.308 e. The number of carbonyl (C=O) groups excluding carboxylic acids is 3. The molecule has 13 nitrogen and oxygen atoms in total. The summed E-state index contributed by atoms with van der Waals surface area (Å²) in [6, 6.07) is 11.0. The minimum atomic E-state index is -0.376. The molecule has 3 aliphatic rings. The SMILES string of the molecule is COC(=O)C1CC(CN2CCc3nc(C(=O)Nc4cccc(-c5nccc(-c6ccc(CNC[C@@H]7CCC(=O)N7)c(OC)n6)c5Cl)c4Cl)n(C)c3C2)C1. The summed E-state index contributed by atoms with van der Waals surface area (Å²) >= 11 is 13.9. The highest BCUT2D eigenvalue weighted by Crippen LogP contribution is 2.40. The van der Waals surface area contributed by atoms with E-state index in [4.69, 9.17) is 42.6 Å². The van der Waals surface area contributed by atoms with Gasteiger partial charge in [-0.25, -0.2) is 9.97 Å². The summed E-state index contributed by atoms with van der Waals surface area (Å²) in [6.07, 6.45) is 5.45. The Morgan fingerprint density at radius 1 is 1.04 bits per heavy atom. The summed E-state index contributed by atoms with van der Waals surface area (Å²) in [4.78, 5) is 53.3. The minimum absolute atomic E-state index is 0.00507. The van der Waals surface area contributed by atoms with E-state index >= 15 is 0 Å². The standard InChI is InChI=1S/C38H42Cl2N8O5/c1-47-30-20-48(19-21-15-23(16-21)38(51)53-3)14-12-28(30)44-35(47)36(50)45-29-6-4-5-26(32(29)39)34-33(40)25(11-13-42-34)27-9-7-22(37(46-27)52-2)17-41-18-24-8-10-31(49)43-24/h4-7,9,11,13,21,23-24,41H,8,10,12,14-20H2,1-3H3,(H,43,49)(H,45,50)/t21?,23?,24-/m0/s1. The number of benzene rings is 1. The Kier molecular flexibility index (Phi) is 11.0. The molecule has 0 bridgehead atoms. The topological polar surface area (TPSA) is 153 Å². The first kappa shape index (κ1) is 36.8. The van der Waals surface area contributed by atoms with Crippen molar-refractivity contribution in [3.05, 3.63) is 75.4 Å². The van der Waals surface area contributed by atoms with Gasteiger partial charge in [0.05, 0.1) is 58.6 Å². The van der Waals surface area contributed by atoms with Gasteiger partial charge in [-0.3, -0.25) is 24.3 Å². The quantitative estimate of drug-likeness (QED) is 0.168. The van der Waals surface area contributed by atoms with Gasteiger partial charge in [-0.2, -0.15) is 0 Å². The number of nitrogens with zero attached hydrogens (tertiary/aromatic N) is 5. The van der Waals surface area contributed by atoms with Gasteiger partial charge >= 0.3 is 5.97 Å². The molecule has 0 spiro atoms. The number of fused-ring (bicyclic) bond motifs is 1. The maximum atomic E-state index is 13.6. The molecular formula is C38H42Cl2N8O5. The van der Waals surface area contributed by atoms with Crippen molar-refractivity contribution in [2.45, 2.75) is 51.2 Å². The number of halogens is 2. The van der Waals surface area contributed by atoms with Gasteiger partial charge < -0.3 is 30.0 Å². The number of imidazole rings is 1. The first-order valence-electron chi connectivity index (χ1n) is 17.8. The fraction of sp³-hybridized carbons (Fsp3) is 0.421. The molecule has 2 amide bonds. The Hall–Kier alpha value is -4.56. The molecule has 1 saturated carbocycles. The van der Waals surface area contributed by atoms with E-state index in [1.807, 2.05) is 23.7 Å². The van der Waals surface area contributed by atoms with Gasteiger partial charge in [-0.05, 0) is 43.4 Å². The minimum Gasteiger partial charge on any atom is -0.481 e. The number of carbonyl (C=O) groups is 3. The summed E-state index contributed by atoms with van der Waals surface area (Å²) in [6.45, 7) is 3.60.